The molecule has 11 heteroatoms. The maximum atomic E-state index is 12.9. The van der Waals surface area contributed by atoms with Crippen molar-refractivity contribution in [2.75, 3.05) is 29.0 Å². The van der Waals surface area contributed by atoms with E-state index in [-0.39, 0.29) is 16.4 Å². The third-order valence-electron chi connectivity index (χ3n) is 3.85. The van der Waals surface area contributed by atoms with Gasteiger partial charge in [-0.3, -0.25) is 9.10 Å². The monoisotopic (exact) mass is 464 g/mol. The van der Waals surface area contributed by atoms with Crippen LogP contribution in [0.5, 0.6) is 5.75 Å². The zero-order chi connectivity index (χ0) is 22.5. The highest BCUT2D eigenvalue weighted by Gasteiger charge is 2.31. The minimum absolute atomic E-state index is 0.111. The molecule has 1 amide bonds. The van der Waals surface area contributed by atoms with Crippen molar-refractivity contribution in [3.63, 3.8) is 0 Å². The first kappa shape index (κ1) is 23.8. The Labute approximate surface area is 177 Å². The maximum Gasteiger partial charge on any atom is 0.416 e. The highest BCUT2D eigenvalue weighted by atomic mass is 35.5. The number of carbonyl (C=O) groups excluding carboxylic acids is 1. The number of amides is 1. The van der Waals surface area contributed by atoms with E-state index in [4.69, 9.17) is 16.3 Å². The summed E-state index contributed by atoms with van der Waals surface area (Å²) in [5.74, 6) is -0.317. The molecule has 0 aliphatic carbocycles. The summed E-state index contributed by atoms with van der Waals surface area (Å²) >= 11 is 5.87. The molecule has 0 heterocycles. The molecule has 2 rings (SSSR count). The number of ether oxygens (including phenoxy) is 1. The number of carbonyl (C=O) groups is 1. The number of nitrogens with zero attached hydrogens (tertiary/aromatic N) is 1. The summed E-state index contributed by atoms with van der Waals surface area (Å²) in [6, 6.07) is 8.53. The van der Waals surface area contributed by atoms with Gasteiger partial charge in [-0.15, -0.1) is 0 Å². The second-order valence-corrected chi connectivity index (χ2v) is 8.67. The van der Waals surface area contributed by atoms with Crippen molar-refractivity contribution in [3.8, 4) is 5.75 Å². The Morgan fingerprint density at radius 3 is 2.33 bits per heavy atom. The minimum atomic E-state index is -4.62. The second-order valence-electron chi connectivity index (χ2n) is 6.35. The Balaban J connectivity index is 2.21. The quantitative estimate of drug-likeness (QED) is 0.621. The predicted molar refractivity (Wildman–Crippen MR) is 110 cm³/mol. The van der Waals surface area contributed by atoms with Crippen LogP contribution in [0.2, 0.25) is 5.02 Å². The first-order valence-corrected chi connectivity index (χ1v) is 11.0. The Morgan fingerprint density at radius 1 is 1.17 bits per heavy atom. The third-order valence-corrected chi connectivity index (χ3v) is 5.32. The fourth-order valence-corrected chi connectivity index (χ4v) is 3.47. The van der Waals surface area contributed by atoms with Gasteiger partial charge in [-0.05, 0) is 48.9 Å². The molecule has 0 unspecified atom stereocenters. The molecule has 1 N–H and O–H groups in total. The van der Waals surface area contributed by atoms with Crippen molar-refractivity contribution in [2.24, 2.45) is 0 Å². The van der Waals surface area contributed by atoms with Gasteiger partial charge in [0.1, 0.15) is 12.3 Å². The van der Waals surface area contributed by atoms with Gasteiger partial charge in [-0.25, -0.2) is 8.42 Å². The molecule has 0 saturated carbocycles. The summed E-state index contributed by atoms with van der Waals surface area (Å²) in [7, 11) is -3.86. The van der Waals surface area contributed by atoms with E-state index < -0.39 is 34.2 Å². The number of benzene rings is 2. The molecule has 30 heavy (non-hydrogen) atoms. The van der Waals surface area contributed by atoms with Crippen molar-refractivity contribution in [3.05, 3.63) is 53.1 Å². The highest BCUT2D eigenvalue weighted by Crippen LogP contribution is 2.34. The Kier molecular flexibility index (Phi) is 7.59. The van der Waals surface area contributed by atoms with E-state index in [1.807, 2.05) is 6.92 Å². The van der Waals surface area contributed by atoms with Gasteiger partial charge in [-0.1, -0.05) is 18.5 Å². The van der Waals surface area contributed by atoms with Crippen LogP contribution in [-0.4, -0.2) is 33.7 Å². The molecule has 0 aliphatic rings. The van der Waals surface area contributed by atoms with Crippen LogP contribution in [0.1, 0.15) is 18.9 Å². The number of sulfonamides is 1. The van der Waals surface area contributed by atoms with Crippen molar-refractivity contribution < 1.29 is 31.1 Å². The fourth-order valence-electron chi connectivity index (χ4n) is 2.45. The Bertz CT molecular complexity index is 996. The molecule has 0 saturated heterocycles. The standard InChI is InChI=1S/C19H20ClF3N2O4S/c1-3-10-29-15-7-5-14(6-8-15)25(30(2,27)28)12-18(26)24-17-11-13(19(21,22)23)4-9-16(17)20/h4-9,11H,3,10,12H2,1-2H3,(H,24,26). The number of rotatable bonds is 8. The normalized spacial score (nSPS) is 11.8. The second kappa shape index (κ2) is 9.57. The molecular weight excluding hydrogens is 445 g/mol. The minimum Gasteiger partial charge on any atom is -0.494 e. The van der Waals surface area contributed by atoms with Crippen LogP contribution in [-0.2, 0) is 21.0 Å². The zero-order valence-corrected chi connectivity index (χ0v) is 17.7. The smallest absolute Gasteiger partial charge is 0.416 e. The van der Waals surface area contributed by atoms with Crippen LogP contribution in [0.4, 0.5) is 24.5 Å². The number of hydrogen-bond donors (Lipinski definition) is 1. The highest BCUT2D eigenvalue weighted by molar-refractivity contribution is 7.92. The summed E-state index contributed by atoms with van der Waals surface area (Å²) in [5, 5.41) is 2.12. The van der Waals surface area contributed by atoms with Gasteiger partial charge in [0.15, 0.2) is 0 Å². The van der Waals surface area contributed by atoms with Crippen LogP contribution in [0.25, 0.3) is 0 Å². The van der Waals surface area contributed by atoms with E-state index in [9.17, 15) is 26.4 Å². The van der Waals surface area contributed by atoms with E-state index in [0.29, 0.717) is 18.4 Å². The maximum absolute atomic E-state index is 12.9. The lowest BCUT2D eigenvalue weighted by Crippen LogP contribution is -2.37. The van der Waals surface area contributed by atoms with Crippen LogP contribution in [0.3, 0.4) is 0 Å². The van der Waals surface area contributed by atoms with Crippen LogP contribution < -0.4 is 14.4 Å². The molecule has 0 atom stereocenters. The first-order valence-electron chi connectivity index (χ1n) is 8.79. The predicted octanol–water partition coefficient (Wildman–Crippen LogP) is 4.55. The van der Waals surface area contributed by atoms with E-state index in [1.54, 1.807) is 12.1 Å². The van der Waals surface area contributed by atoms with Crippen LogP contribution in [0, 0.1) is 0 Å². The van der Waals surface area contributed by atoms with Crippen molar-refractivity contribution >= 4 is 38.9 Å². The zero-order valence-electron chi connectivity index (χ0n) is 16.2. The molecule has 0 radical (unpaired) electrons. The van der Waals surface area contributed by atoms with Gasteiger partial charge in [0, 0.05) is 0 Å². The molecule has 164 valence electrons. The molecule has 0 aromatic heterocycles. The average Bonchev–Trinajstić information content (AvgIpc) is 2.65. The third kappa shape index (κ3) is 6.53. The van der Waals surface area contributed by atoms with Gasteiger partial charge in [-0.2, -0.15) is 13.2 Å². The lowest BCUT2D eigenvalue weighted by molar-refractivity contribution is -0.137. The summed E-state index contributed by atoms with van der Waals surface area (Å²) in [6.45, 7) is 1.78. The van der Waals surface area contributed by atoms with E-state index in [2.05, 4.69) is 5.32 Å². The lowest BCUT2D eigenvalue weighted by Gasteiger charge is -2.22. The summed E-state index contributed by atoms with van der Waals surface area (Å²) < 4.78 is 69.2. The van der Waals surface area contributed by atoms with Gasteiger partial charge in [0.25, 0.3) is 0 Å². The van der Waals surface area contributed by atoms with Gasteiger partial charge in [0.05, 0.1) is 34.8 Å². The average molecular weight is 465 g/mol. The summed E-state index contributed by atoms with van der Waals surface area (Å²) in [5.41, 5.74) is -1.07. The number of hydrogen-bond acceptors (Lipinski definition) is 4. The largest absolute Gasteiger partial charge is 0.494 e. The van der Waals surface area contributed by atoms with Crippen LogP contribution in [0.15, 0.2) is 42.5 Å². The Morgan fingerprint density at radius 2 is 1.80 bits per heavy atom. The van der Waals surface area contributed by atoms with E-state index in [0.717, 1.165) is 29.1 Å². The Hall–Kier alpha value is -2.46. The van der Waals surface area contributed by atoms with Gasteiger partial charge in [0.2, 0.25) is 15.9 Å². The number of anilines is 2. The molecular formula is C19H20ClF3N2O4S. The first-order chi connectivity index (χ1) is 13.9. The van der Waals surface area contributed by atoms with Gasteiger partial charge < -0.3 is 10.1 Å². The number of nitrogens with one attached hydrogen (secondary N) is 1. The molecule has 2 aromatic carbocycles. The molecule has 0 bridgehead atoms. The van der Waals surface area contributed by atoms with Crippen molar-refractivity contribution in [1.82, 2.24) is 0 Å². The van der Waals surface area contributed by atoms with E-state index >= 15 is 0 Å². The molecule has 6 nitrogen and oxygen atoms in total. The molecule has 0 aliphatic heterocycles. The summed E-state index contributed by atoms with van der Waals surface area (Å²) in [4.78, 5) is 12.4. The number of alkyl halides is 3. The summed E-state index contributed by atoms with van der Waals surface area (Å²) in [6.07, 6.45) is -2.90. The SMILES string of the molecule is CCCOc1ccc(N(CC(=O)Nc2cc(C(F)(F)F)ccc2Cl)S(C)(=O)=O)cc1. The van der Waals surface area contributed by atoms with E-state index in [1.165, 1.54) is 12.1 Å². The molecule has 0 fully saturated rings. The molecule has 0 spiro atoms. The lowest BCUT2D eigenvalue weighted by atomic mass is 10.2. The van der Waals surface area contributed by atoms with Crippen LogP contribution >= 0.6 is 11.6 Å². The fraction of sp³-hybridized carbons (Fsp3) is 0.316. The molecule has 2 aromatic rings. The van der Waals surface area contributed by atoms with Crippen molar-refractivity contribution in [2.45, 2.75) is 19.5 Å². The number of halogens is 4. The van der Waals surface area contributed by atoms with Crippen molar-refractivity contribution in [1.29, 1.82) is 0 Å². The topological polar surface area (TPSA) is 75.7 Å². The van der Waals surface area contributed by atoms with Gasteiger partial charge >= 0.3 is 6.18 Å².